The maximum absolute atomic E-state index is 12.3. The van der Waals surface area contributed by atoms with E-state index < -0.39 is 10.0 Å². The van der Waals surface area contributed by atoms with Crippen molar-refractivity contribution in [2.24, 2.45) is 0 Å². The molecule has 0 aliphatic carbocycles. The topological polar surface area (TPSA) is 78.9 Å². The fourth-order valence-electron chi connectivity index (χ4n) is 3.10. The van der Waals surface area contributed by atoms with Crippen molar-refractivity contribution in [1.82, 2.24) is 14.5 Å². The molecule has 3 heterocycles. The highest BCUT2D eigenvalue weighted by molar-refractivity contribution is 7.89. The van der Waals surface area contributed by atoms with E-state index in [0.717, 1.165) is 50.8 Å². The van der Waals surface area contributed by atoms with E-state index in [9.17, 15) is 8.42 Å². The summed E-state index contributed by atoms with van der Waals surface area (Å²) in [5.41, 5.74) is 0. The molecule has 0 spiro atoms. The zero-order valence-corrected chi connectivity index (χ0v) is 15.6. The number of nitrogens with zero attached hydrogens (tertiary/aromatic N) is 5. The maximum Gasteiger partial charge on any atom is 0.214 e. The normalized spacial score (nSPS) is 20.0. The summed E-state index contributed by atoms with van der Waals surface area (Å²) in [5.74, 6) is 1.92. The van der Waals surface area contributed by atoms with Crippen LogP contribution in [0, 0.1) is 0 Å². The number of morpholine rings is 1. The van der Waals surface area contributed by atoms with Gasteiger partial charge >= 0.3 is 0 Å². The molecular formula is C16H27N5O3S. The molecule has 2 aliphatic heterocycles. The predicted molar refractivity (Wildman–Crippen MR) is 97.5 cm³/mol. The van der Waals surface area contributed by atoms with Crippen LogP contribution in [0.25, 0.3) is 0 Å². The summed E-state index contributed by atoms with van der Waals surface area (Å²) in [5, 5.41) is 8.67. The van der Waals surface area contributed by atoms with Gasteiger partial charge in [0.15, 0.2) is 11.6 Å². The Morgan fingerprint density at radius 3 is 2.04 bits per heavy atom. The molecule has 1 aromatic rings. The van der Waals surface area contributed by atoms with Crippen molar-refractivity contribution >= 4 is 21.7 Å². The van der Waals surface area contributed by atoms with Crippen molar-refractivity contribution < 1.29 is 13.2 Å². The Morgan fingerprint density at radius 1 is 0.960 bits per heavy atom. The zero-order valence-electron chi connectivity index (χ0n) is 14.8. The molecule has 0 amide bonds. The number of aromatic nitrogens is 2. The third-order valence-electron chi connectivity index (χ3n) is 4.68. The lowest BCUT2D eigenvalue weighted by atomic mass is 10.3. The average molecular weight is 369 g/mol. The van der Waals surface area contributed by atoms with E-state index in [1.807, 2.05) is 19.1 Å². The van der Waals surface area contributed by atoms with Gasteiger partial charge in [-0.1, -0.05) is 13.3 Å². The maximum atomic E-state index is 12.3. The van der Waals surface area contributed by atoms with Gasteiger partial charge in [-0.15, -0.1) is 10.2 Å². The lowest BCUT2D eigenvalue weighted by Crippen LogP contribution is -2.49. The van der Waals surface area contributed by atoms with Gasteiger partial charge in [-0.2, -0.15) is 4.31 Å². The minimum absolute atomic E-state index is 0.248. The summed E-state index contributed by atoms with van der Waals surface area (Å²) in [4.78, 5) is 4.26. The Kier molecular flexibility index (Phi) is 6.08. The number of rotatable bonds is 6. The summed E-state index contributed by atoms with van der Waals surface area (Å²) < 4.78 is 31.5. The van der Waals surface area contributed by atoms with Crippen LogP contribution in [0.4, 0.5) is 11.6 Å². The SMILES string of the molecule is CCCCS(=O)(=O)N1CCN(c2ccc(N3CCOCC3)nn2)CC1. The lowest BCUT2D eigenvalue weighted by molar-refractivity contribution is 0.122. The molecule has 0 bridgehead atoms. The van der Waals surface area contributed by atoms with Gasteiger partial charge in [-0.05, 0) is 18.6 Å². The molecule has 0 unspecified atom stereocenters. The van der Waals surface area contributed by atoms with E-state index in [2.05, 4.69) is 20.0 Å². The molecule has 3 rings (SSSR count). The van der Waals surface area contributed by atoms with Crippen molar-refractivity contribution in [1.29, 1.82) is 0 Å². The van der Waals surface area contributed by atoms with Crippen molar-refractivity contribution in [3.8, 4) is 0 Å². The van der Waals surface area contributed by atoms with Crippen molar-refractivity contribution in [3.05, 3.63) is 12.1 Å². The van der Waals surface area contributed by atoms with Crippen LogP contribution in [0.2, 0.25) is 0 Å². The summed E-state index contributed by atoms with van der Waals surface area (Å²) in [7, 11) is -3.12. The Labute approximate surface area is 149 Å². The van der Waals surface area contributed by atoms with Crippen LogP contribution in [0.5, 0.6) is 0 Å². The van der Waals surface area contributed by atoms with E-state index in [0.29, 0.717) is 26.2 Å². The standard InChI is InChI=1S/C16H27N5O3S/c1-2-3-14-25(22,23)21-8-6-19(7-9-21)15-4-5-16(18-17-15)20-10-12-24-13-11-20/h4-5H,2-3,6-14H2,1H3. The van der Waals surface area contributed by atoms with Crippen molar-refractivity contribution in [3.63, 3.8) is 0 Å². The first-order chi connectivity index (χ1) is 12.1. The van der Waals surface area contributed by atoms with Gasteiger partial charge in [-0.3, -0.25) is 0 Å². The molecule has 2 aliphatic rings. The fourth-order valence-corrected chi connectivity index (χ4v) is 4.73. The molecule has 0 saturated carbocycles. The molecule has 1 aromatic heterocycles. The van der Waals surface area contributed by atoms with E-state index in [4.69, 9.17) is 4.74 Å². The van der Waals surface area contributed by atoms with Gasteiger partial charge in [0, 0.05) is 39.3 Å². The predicted octanol–water partition coefficient (Wildman–Crippen LogP) is 0.565. The largest absolute Gasteiger partial charge is 0.378 e. The summed E-state index contributed by atoms with van der Waals surface area (Å²) in [6, 6.07) is 3.96. The molecule has 0 aromatic carbocycles. The van der Waals surface area contributed by atoms with Crippen molar-refractivity contribution in [2.45, 2.75) is 19.8 Å². The molecule has 2 fully saturated rings. The molecule has 8 nitrogen and oxygen atoms in total. The Balaban J connectivity index is 1.56. The number of hydrogen-bond donors (Lipinski definition) is 0. The zero-order chi connectivity index (χ0) is 17.7. The number of sulfonamides is 1. The molecule has 0 radical (unpaired) electrons. The first kappa shape index (κ1) is 18.3. The molecule has 0 N–H and O–H groups in total. The summed E-state index contributed by atoms with van der Waals surface area (Å²) >= 11 is 0. The van der Waals surface area contributed by atoms with E-state index in [1.54, 1.807) is 4.31 Å². The minimum atomic E-state index is -3.12. The van der Waals surface area contributed by atoms with Gasteiger partial charge in [0.05, 0.1) is 19.0 Å². The van der Waals surface area contributed by atoms with Gasteiger partial charge in [0.25, 0.3) is 0 Å². The minimum Gasteiger partial charge on any atom is -0.378 e. The van der Waals surface area contributed by atoms with E-state index in [-0.39, 0.29) is 5.75 Å². The molecule has 0 atom stereocenters. The second-order valence-electron chi connectivity index (χ2n) is 6.40. The Morgan fingerprint density at radius 2 is 1.52 bits per heavy atom. The second-order valence-corrected chi connectivity index (χ2v) is 8.49. The highest BCUT2D eigenvalue weighted by Gasteiger charge is 2.27. The van der Waals surface area contributed by atoms with Crippen LogP contribution >= 0.6 is 0 Å². The summed E-state index contributed by atoms with van der Waals surface area (Å²) in [6.07, 6.45) is 1.61. The van der Waals surface area contributed by atoms with Crippen LogP contribution in [0.1, 0.15) is 19.8 Å². The molecule has 25 heavy (non-hydrogen) atoms. The number of ether oxygens (including phenoxy) is 1. The molecule has 2 saturated heterocycles. The third-order valence-corrected chi connectivity index (χ3v) is 6.64. The smallest absolute Gasteiger partial charge is 0.214 e. The Bertz CT molecular complexity index is 638. The number of anilines is 2. The number of hydrogen-bond acceptors (Lipinski definition) is 7. The van der Waals surface area contributed by atoms with Crippen LogP contribution < -0.4 is 9.80 Å². The molecular weight excluding hydrogens is 342 g/mol. The van der Waals surface area contributed by atoms with Crippen LogP contribution in [-0.4, -0.2) is 81.2 Å². The van der Waals surface area contributed by atoms with Crippen molar-refractivity contribution in [2.75, 3.05) is 68.0 Å². The van der Waals surface area contributed by atoms with Crippen LogP contribution in [0.3, 0.4) is 0 Å². The quantitative estimate of drug-likeness (QED) is 0.725. The van der Waals surface area contributed by atoms with Gasteiger partial charge in [-0.25, -0.2) is 8.42 Å². The van der Waals surface area contributed by atoms with Gasteiger partial charge in [0.1, 0.15) is 0 Å². The highest BCUT2D eigenvalue weighted by atomic mass is 32.2. The lowest BCUT2D eigenvalue weighted by Gasteiger charge is -2.34. The number of piperazine rings is 1. The van der Waals surface area contributed by atoms with Gasteiger partial charge < -0.3 is 14.5 Å². The van der Waals surface area contributed by atoms with Crippen LogP contribution in [0.15, 0.2) is 12.1 Å². The van der Waals surface area contributed by atoms with Crippen LogP contribution in [-0.2, 0) is 14.8 Å². The average Bonchev–Trinajstić information content (AvgIpc) is 2.67. The van der Waals surface area contributed by atoms with E-state index in [1.165, 1.54) is 0 Å². The monoisotopic (exact) mass is 369 g/mol. The first-order valence-corrected chi connectivity index (χ1v) is 10.6. The fraction of sp³-hybridized carbons (Fsp3) is 0.750. The van der Waals surface area contributed by atoms with E-state index >= 15 is 0 Å². The van der Waals surface area contributed by atoms with Gasteiger partial charge in [0.2, 0.25) is 10.0 Å². The highest BCUT2D eigenvalue weighted by Crippen LogP contribution is 2.18. The molecule has 9 heteroatoms. The summed E-state index contributed by atoms with van der Waals surface area (Å²) in [6.45, 7) is 7.44. The first-order valence-electron chi connectivity index (χ1n) is 8.99. The third kappa shape index (κ3) is 4.59. The second kappa shape index (κ2) is 8.29. The number of unbranched alkanes of at least 4 members (excludes halogenated alkanes) is 1. The molecule has 140 valence electrons. The Hall–Kier alpha value is -1.45.